The zero-order valence-electron chi connectivity index (χ0n) is 13.0. The van der Waals surface area contributed by atoms with E-state index in [0.29, 0.717) is 22.2 Å². The molecule has 0 aromatic heterocycles. The Kier molecular flexibility index (Phi) is 3.87. The van der Waals surface area contributed by atoms with Gasteiger partial charge in [0.05, 0.1) is 5.70 Å². The molecular formula is C19H14ClNO2S. The van der Waals surface area contributed by atoms with Crippen LogP contribution in [0.4, 0.5) is 0 Å². The number of ketones is 1. The van der Waals surface area contributed by atoms with Gasteiger partial charge in [0, 0.05) is 27.8 Å². The molecular weight excluding hydrogens is 342 g/mol. The standard InChI is InChI=1S/C19H14ClNO2S/c1-2-14-15-5-3-4-10-21(15)17(18(14)22)19-23-16(11-24-19)12-6-8-13(20)9-7-12/h3-11H,2H2,1H3/b19-17+. The predicted octanol–water partition coefficient (Wildman–Crippen LogP) is 5.20. The van der Waals surface area contributed by atoms with Gasteiger partial charge in [0.15, 0.2) is 5.09 Å². The summed E-state index contributed by atoms with van der Waals surface area (Å²) in [5.41, 5.74) is 3.29. The van der Waals surface area contributed by atoms with Crippen LogP contribution in [-0.2, 0) is 9.53 Å². The van der Waals surface area contributed by atoms with E-state index in [1.807, 2.05) is 65.9 Å². The molecule has 0 radical (unpaired) electrons. The van der Waals surface area contributed by atoms with E-state index in [2.05, 4.69) is 0 Å². The Morgan fingerprint density at radius 3 is 2.75 bits per heavy atom. The Bertz CT molecular complexity index is 875. The topological polar surface area (TPSA) is 29.5 Å². The molecule has 1 aromatic carbocycles. The highest BCUT2D eigenvalue weighted by atomic mass is 35.5. The normalized spacial score (nSPS) is 22.2. The lowest BCUT2D eigenvalue weighted by Crippen LogP contribution is -2.16. The minimum Gasteiger partial charge on any atom is -0.447 e. The van der Waals surface area contributed by atoms with Gasteiger partial charge in [-0.05, 0) is 42.8 Å². The minimum atomic E-state index is 0.0388. The van der Waals surface area contributed by atoms with Gasteiger partial charge in [0.25, 0.3) is 0 Å². The van der Waals surface area contributed by atoms with Gasteiger partial charge in [-0.25, -0.2) is 0 Å². The Morgan fingerprint density at radius 1 is 1.21 bits per heavy atom. The van der Waals surface area contributed by atoms with Crippen LogP contribution < -0.4 is 0 Å². The number of ether oxygens (including phenoxy) is 1. The van der Waals surface area contributed by atoms with Gasteiger partial charge in [-0.15, -0.1) is 0 Å². The molecule has 3 aliphatic heterocycles. The number of Topliss-reactive ketones (excluding diaryl/α,β-unsaturated/α-hetero) is 1. The van der Waals surface area contributed by atoms with E-state index in [0.717, 1.165) is 22.6 Å². The SMILES string of the molecule is CCC1=C2C=CC=CN2/C(=C2\OC(c3ccc(Cl)cc3)=CS2)C1=O. The van der Waals surface area contributed by atoms with E-state index >= 15 is 0 Å². The molecule has 0 spiro atoms. The third-order valence-electron chi connectivity index (χ3n) is 4.05. The zero-order valence-corrected chi connectivity index (χ0v) is 14.5. The van der Waals surface area contributed by atoms with Crippen LogP contribution in [0.25, 0.3) is 5.76 Å². The van der Waals surface area contributed by atoms with Crippen LogP contribution >= 0.6 is 23.4 Å². The molecule has 1 aromatic rings. The third-order valence-corrected chi connectivity index (χ3v) is 5.13. The summed E-state index contributed by atoms with van der Waals surface area (Å²) < 4.78 is 6.00. The predicted molar refractivity (Wildman–Crippen MR) is 97.6 cm³/mol. The first-order chi connectivity index (χ1) is 11.7. The summed E-state index contributed by atoms with van der Waals surface area (Å²) in [4.78, 5) is 14.7. The number of fused-ring (bicyclic) bond motifs is 1. The molecule has 3 aliphatic rings. The fourth-order valence-electron chi connectivity index (χ4n) is 2.89. The molecule has 24 heavy (non-hydrogen) atoms. The molecule has 4 rings (SSSR count). The summed E-state index contributed by atoms with van der Waals surface area (Å²) >= 11 is 7.37. The van der Waals surface area contributed by atoms with Gasteiger partial charge in [-0.3, -0.25) is 4.79 Å². The number of rotatable bonds is 2. The van der Waals surface area contributed by atoms with Crippen molar-refractivity contribution >= 4 is 34.9 Å². The molecule has 0 atom stereocenters. The lowest BCUT2D eigenvalue weighted by Gasteiger charge is -2.20. The maximum Gasteiger partial charge on any atom is 0.212 e. The smallest absolute Gasteiger partial charge is 0.212 e. The molecule has 5 heteroatoms. The molecule has 0 saturated carbocycles. The zero-order chi connectivity index (χ0) is 16.7. The van der Waals surface area contributed by atoms with Crippen molar-refractivity contribution in [1.82, 2.24) is 4.90 Å². The highest BCUT2D eigenvalue weighted by Crippen LogP contribution is 2.44. The van der Waals surface area contributed by atoms with Crippen molar-refractivity contribution in [3.05, 3.63) is 86.7 Å². The van der Waals surface area contributed by atoms with E-state index in [4.69, 9.17) is 16.3 Å². The summed E-state index contributed by atoms with van der Waals surface area (Å²) in [5.74, 6) is 0.770. The van der Waals surface area contributed by atoms with Crippen molar-refractivity contribution in [3.8, 4) is 0 Å². The molecule has 3 heterocycles. The quantitative estimate of drug-likeness (QED) is 0.682. The van der Waals surface area contributed by atoms with Crippen molar-refractivity contribution in [2.24, 2.45) is 0 Å². The Balaban J connectivity index is 1.67. The van der Waals surface area contributed by atoms with Crippen LogP contribution in [0.3, 0.4) is 0 Å². The Morgan fingerprint density at radius 2 is 2.00 bits per heavy atom. The number of thioether (sulfide) groups is 1. The lowest BCUT2D eigenvalue weighted by atomic mass is 10.1. The molecule has 0 bridgehead atoms. The van der Waals surface area contributed by atoms with Crippen LogP contribution in [0.1, 0.15) is 18.9 Å². The maximum atomic E-state index is 12.8. The van der Waals surface area contributed by atoms with E-state index in [9.17, 15) is 4.79 Å². The molecule has 0 saturated heterocycles. The third kappa shape index (κ3) is 2.43. The second-order valence-electron chi connectivity index (χ2n) is 5.46. The molecule has 0 unspecified atom stereocenters. The second-order valence-corrected chi connectivity index (χ2v) is 6.74. The van der Waals surface area contributed by atoms with Crippen LogP contribution in [0, 0.1) is 0 Å². The average Bonchev–Trinajstić information content (AvgIpc) is 3.17. The van der Waals surface area contributed by atoms with Crippen LogP contribution in [-0.4, -0.2) is 10.7 Å². The summed E-state index contributed by atoms with van der Waals surface area (Å²) in [7, 11) is 0. The summed E-state index contributed by atoms with van der Waals surface area (Å²) in [6, 6.07) is 7.46. The molecule has 0 amide bonds. The van der Waals surface area contributed by atoms with Gasteiger partial charge >= 0.3 is 0 Å². The molecule has 3 nitrogen and oxygen atoms in total. The van der Waals surface area contributed by atoms with Crippen molar-refractivity contribution < 1.29 is 9.53 Å². The number of carbonyl (C=O) groups is 1. The first-order valence-electron chi connectivity index (χ1n) is 7.66. The first kappa shape index (κ1) is 15.4. The van der Waals surface area contributed by atoms with Gasteiger partial charge < -0.3 is 9.64 Å². The van der Waals surface area contributed by atoms with Crippen molar-refractivity contribution in [1.29, 1.82) is 0 Å². The average molecular weight is 356 g/mol. The molecule has 0 aliphatic carbocycles. The maximum absolute atomic E-state index is 12.8. The van der Waals surface area contributed by atoms with Crippen LogP contribution in [0.15, 0.2) is 76.2 Å². The monoisotopic (exact) mass is 355 g/mol. The van der Waals surface area contributed by atoms with Crippen LogP contribution in [0.5, 0.6) is 0 Å². The lowest BCUT2D eigenvalue weighted by molar-refractivity contribution is -0.112. The largest absolute Gasteiger partial charge is 0.447 e. The number of hydrogen-bond donors (Lipinski definition) is 0. The van der Waals surface area contributed by atoms with E-state index < -0.39 is 0 Å². The summed E-state index contributed by atoms with van der Waals surface area (Å²) in [6.45, 7) is 2.00. The Labute approximate surface area is 149 Å². The van der Waals surface area contributed by atoms with E-state index in [1.54, 1.807) is 0 Å². The van der Waals surface area contributed by atoms with Gasteiger partial charge in [-0.2, -0.15) is 0 Å². The minimum absolute atomic E-state index is 0.0388. The number of allylic oxidation sites excluding steroid dienone is 4. The van der Waals surface area contributed by atoms with Crippen molar-refractivity contribution in [3.63, 3.8) is 0 Å². The van der Waals surface area contributed by atoms with Crippen molar-refractivity contribution in [2.45, 2.75) is 13.3 Å². The number of carbonyl (C=O) groups excluding carboxylic acids is 1. The fourth-order valence-corrected chi connectivity index (χ4v) is 3.85. The highest BCUT2D eigenvalue weighted by Gasteiger charge is 2.37. The second kappa shape index (κ2) is 6.04. The van der Waals surface area contributed by atoms with E-state index in [1.165, 1.54) is 11.8 Å². The molecule has 0 N–H and O–H groups in total. The fraction of sp³-hybridized carbons (Fsp3) is 0.105. The van der Waals surface area contributed by atoms with Gasteiger partial charge in [0.1, 0.15) is 11.5 Å². The first-order valence-corrected chi connectivity index (χ1v) is 8.91. The number of halogens is 1. The Hall–Kier alpha value is -2.17. The van der Waals surface area contributed by atoms with E-state index in [-0.39, 0.29) is 5.78 Å². The van der Waals surface area contributed by atoms with Gasteiger partial charge in [0.2, 0.25) is 5.78 Å². The summed E-state index contributed by atoms with van der Waals surface area (Å²) in [5, 5.41) is 3.22. The van der Waals surface area contributed by atoms with Crippen LogP contribution in [0.2, 0.25) is 5.02 Å². The van der Waals surface area contributed by atoms with Crippen molar-refractivity contribution in [2.75, 3.05) is 0 Å². The number of nitrogens with zero attached hydrogens (tertiary/aromatic N) is 1. The highest BCUT2D eigenvalue weighted by molar-refractivity contribution is 8.06. The van der Waals surface area contributed by atoms with Gasteiger partial charge in [-0.1, -0.05) is 36.4 Å². The molecule has 0 fully saturated rings. The summed E-state index contributed by atoms with van der Waals surface area (Å²) in [6.07, 6.45) is 8.44. The number of benzene rings is 1. The molecule has 120 valence electrons. The number of hydrogen-bond acceptors (Lipinski definition) is 4.